The van der Waals surface area contributed by atoms with Crippen LogP contribution in [0.15, 0.2) is 60.7 Å². The van der Waals surface area contributed by atoms with Crippen LogP contribution in [0.4, 0.5) is 0 Å². The summed E-state index contributed by atoms with van der Waals surface area (Å²) in [4.78, 5) is 0. The van der Waals surface area contributed by atoms with Gasteiger partial charge in [-0.05, 0) is 68.1 Å². The molecule has 0 heteroatoms. The number of hydrogen-bond acceptors (Lipinski definition) is 0. The number of fused-ring (bicyclic) bond motifs is 3. The lowest BCUT2D eigenvalue weighted by Gasteiger charge is -2.17. The third-order valence-electron chi connectivity index (χ3n) is 5.05. The molecule has 0 saturated carbocycles. The Balaban J connectivity index is 2.34. The summed E-state index contributed by atoms with van der Waals surface area (Å²) in [6.07, 6.45) is 0. The van der Waals surface area contributed by atoms with Crippen LogP contribution in [0.25, 0.3) is 43.1 Å². The first-order valence-corrected chi connectivity index (χ1v) is 7.81. The predicted molar refractivity (Wildman–Crippen MR) is 97.1 cm³/mol. The Kier molecular flexibility index (Phi) is 2.17. The van der Waals surface area contributed by atoms with Crippen molar-refractivity contribution in [3.8, 4) is 0 Å². The van der Waals surface area contributed by atoms with Crippen molar-refractivity contribution in [3.63, 3.8) is 0 Å². The monoisotopic (exact) mass is 280 g/mol. The highest BCUT2D eigenvalue weighted by Crippen LogP contribution is 2.42. The predicted octanol–water partition coefficient (Wildman–Crippen LogP) is 6.35. The van der Waals surface area contributed by atoms with E-state index in [1.165, 1.54) is 54.2 Å². The van der Waals surface area contributed by atoms with Gasteiger partial charge >= 0.3 is 0 Å². The minimum atomic E-state index is 1.34. The van der Waals surface area contributed by atoms with Crippen molar-refractivity contribution >= 4 is 43.1 Å². The van der Waals surface area contributed by atoms with Crippen molar-refractivity contribution in [2.24, 2.45) is 0 Å². The molecule has 0 saturated heterocycles. The van der Waals surface area contributed by atoms with Crippen molar-refractivity contribution in [1.82, 2.24) is 0 Å². The summed E-state index contributed by atoms with van der Waals surface area (Å²) in [6, 6.07) is 22.4. The van der Waals surface area contributed by atoms with Gasteiger partial charge in [-0.3, -0.25) is 0 Å². The van der Waals surface area contributed by atoms with Crippen molar-refractivity contribution in [2.45, 2.75) is 13.8 Å². The first-order valence-electron chi connectivity index (χ1n) is 7.81. The molecule has 0 aliphatic carbocycles. The zero-order valence-corrected chi connectivity index (χ0v) is 12.8. The van der Waals surface area contributed by atoms with Crippen LogP contribution in [0.1, 0.15) is 11.1 Å². The van der Waals surface area contributed by atoms with E-state index in [2.05, 4.69) is 74.5 Å². The molecule has 5 rings (SSSR count). The van der Waals surface area contributed by atoms with Gasteiger partial charge in [-0.1, -0.05) is 60.7 Å². The van der Waals surface area contributed by atoms with Crippen molar-refractivity contribution in [1.29, 1.82) is 0 Å². The van der Waals surface area contributed by atoms with E-state index in [1.807, 2.05) is 0 Å². The normalized spacial score (nSPS) is 12.1. The fourth-order valence-electron chi connectivity index (χ4n) is 4.06. The fraction of sp³-hybridized carbons (Fsp3) is 0.0909. The maximum Gasteiger partial charge on any atom is -0.00176 e. The molecule has 0 nitrogen and oxygen atoms in total. The van der Waals surface area contributed by atoms with Gasteiger partial charge < -0.3 is 0 Å². The van der Waals surface area contributed by atoms with Crippen LogP contribution in [0.3, 0.4) is 0 Å². The summed E-state index contributed by atoms with van der Waals surface area (Å²) in [5, 5.41) is 11.1. The number of benzene rings is 5. The van der Waals surface area contributed by atoms with Crippen molar-refractivity contribution in [3.05, 3.63) is 71.8 Å². The molecule has 0 aromatic heterocycles. The molecule has 0 atom stereocenters. The Bertz CT molecular complexity index is 1080. The molecular formula is C22H16. The molecule has 5 aromatic rings. The van der Waals surface area contributed by atoms with E-state index in [0.717, 1.165) is 0 Å². The van der Waals surface area contributed by atoms with E-state index < -0.39 is 0 Å². The summed E-state index contributed by atoms with van der Waals surface area (Å²) >= 11 is 0. The van der Waals surface area contributed by atoms with E-state index in [4.69, 9.17) is 0 Å². The van der Waals surface area contributed by atoms with Crippen LogP contribution in [0.5, 0.6) is 0 Å². The van der Waals surface area contributed by atoms with E-state index in [9.17, 15) is 0 Å². The molecule has 104 valence electrons. The second-order valence-corrected chi connectivity index (χ2v) is 6.32. The van der Waals surface area contributed by atoms with E-state index in [-0.39, 0.29) is 0 Å². The molecule has 0 aliphatic rings. The number of rotatable bonds is 0. The van der Waals surface area contributed by atoms with Crippen LogP contribution in [-0.2, 0) is 0 Å². The highest BCUT2D eigenvalue weighted by molar-refractivity contribution is 6.34. The molecule has 0 radical (unpaired) electrons. The van der Waals surface area contributed by atoms with Gasteiger partial charge in [0.15, 0.2) is 0 Å². The van der Waals surface area contributed by atoms with Gasteiger partial charge in [-0.2, -0.15) is 0 Å². The van der Waals surface area contributed by atoms with E-state index >= 15 is 0 Å². The lowest BCUT2D eigenvalue weighted by molar-refractivity contribution is 1.54. The van der Waals surface area contributed by atoms with Crippen LogP contribution in [0, 0.1) is 13.8 Å². The molecule has 0 spiro atoms. The summed E-state index contributed by atoms with van der Waals surface area (Å²) in [6.45, 7) is 4.45. The Hall–Kier alpha value is -2.60. The molecule has 0 heterocycles. The Morgan fingerprint density at radius 1 is 0.455 bits per heavy atom. The average molecular weight is 280 g/mol. The minimum Gasteiger partial charge on any atom is -0.0616 e. The maximum absolute atomic E-state index is 2.27. The fourth-order valence-corrected chi connectivity index (χ4v) is 4.06. The lowest BCUT2D eigenvalue weighted by atomic mass is 9.86. The topological polar surface area (TPSA) is 0 Å². The molecule has 0 bridgehead atoms. The summed E-state index contributed by atoms with van der Waals surface area (Å²) in [5.41, 5.74) is 2.72. The number of hydrogen-bond donors (Lipinski definition) is 0. The standard InChI is InChI=1S/C22H16/c1-13-7-9-15-11-12-16-10-8-14(2)20-18-6-4-3-5-17(18)19(13)21(15)22(16)20/h3-12H,1-2H3. The van der Waals surface area contributed by atoms with Crippen LogP contribution < -0.4 is 0 Å². The van der Waals surface area contributed by atoms with Gasteiger partial charge in [0.25, 0.3) is 0 Å². The Labute approximate surface area is 129 Å². The molecular weight excluding hydrogens is 264 g/mol. The summed E-state index contributed by atoms with van der Waals surface area (Å²) in [7, 11) is 0. The first-order chi connectivity index (χ1) is 10.8. The van der Waals surface area contributed by atoms with Gasteiger partial charge in [0.2, 0.25) is 0 Å². The van der Waals surface area contributed by atoms with Crippen LogP contribution in [0.2, 0.25) is 0 Å². The molecule has 0 amide bonds. The summed E-state index contributed by atoms with van der Waals surface area (Å²) < 4.78 is 0. The SMILES string of the molecule is Cc1ccc2ccc3ccc(C)c4c5ccccc5c1c2c34. The van der Waals surface area contributed by atoms with Crippen molar-refractivity contribution < 1.29 is 0 Å². The second kappa shape index (κ2) is 3.98. The Morgan fingerprint density at radius 2 is 0.864 bits per heavy atom. The minimum absolute atomic E-state index is 1.34. The quantitative estimate of drug-likeness (QED) is 0.229. The van der Waals surface area contributed by atoms with Crippen LogP contribution in [-0.4, -0.2) is 0 Å². The third-order valence-corrected chi connectivity index (χ3v) is 5.05. The maximum atomic E-state index is 2.27. The third kappa shape index (κ3) is 1.33. The zero-order chi connectivity index (χ0) is 14.8. The second-order valence-electron chi connectivity index (χ2n) is 6.32. The molecule has 5 aromatic carbocycles. The molecule has 22 heavy (non-hydrogen) atoms. The number of aryl methyl sites for hydroxylation is 2. The highest BCUT2D eigenvalue weighted by atomic mass is 14.2. The summed E-state index contributed by atoms with van der Waals surface area (Å²) in [5.74, 6) is 0. The zero-order valence-electron chi connectivity index (χ0n) is 12.8. The highest BCUT2D eigenvalue weighted by Gasteiger charge is 2.15. The average Bonchev–Trinajstić information content (AvgIpc) is 2.55. The smallest absolute Gasteiger partial charge is 0.00176 e. The van der Waals surface area contributed by atoms with Crippen LogP contribution >= 0.6 is 0 Å². The molecule has 0 fully saturated rings. The largest absolute Gasteiger partial charge is 0.0616 e. The van der Waals surface area contributed by atoms with Gasteiger partial charge in [-0.25, -0.2) is 0 Å². The Morgan fingerprint density at radius 3 is 1.32 bits per heavy atom. The van der Waals surface area contributed by atoms with Gasteiger partial charge in [-0.15, -0.1) is 0 Å². The van der Waals surface area contributed by atoms with Gasteiger partial charge in [0.05, 0.1) is 0 Å². The molecule has 0 aliphatic heterocycles. The molecule has 0 unspecified atom stereocenters. The molecule has 0 N–H and O–H groups in total. The lowest BCUT2D eigenvalue weighted by Crippen LogP contribution is -1.90. The van der Waals surface area contributed by atoms with Gasteiger partial charge in [0.1, 0.15) is 0 Å². The first kappa shape index (κ1) is 12.0. The van der Waals surface area contributed by atoms with Crippen molar-refractivity contribution in [2.75, 3.05) is 0 Å². The van der Waals surface area contributed by atoms with E-state index in [1.54, 1.807) is 0 Å². The van der Waals surface area contributed by atoms with E-state index in [0.29, 0.717) is 0 Å². The van der Waals surface area contributed by atoms with Gasteiger partial charge in [0, 0.05) is 0 Å².